The molecule has 2 rings (SSSR count). The lowest BCUT2D eigenvalue weighted by molar-refractivity contribution is 0.0602. The molecule has 0 radical (unpaired) electrons. The van der Waals surface area contributed by atoms with Gasteiger partial charge in [0.15, 0.2) is 5.11 Å². The standard InChI is InChI=1S/C18H22N2O2S2/c1-10-6-7-14(8-11(10)2)13(4)19-18(23)20-16-15(17(21)22-5)9-12(3)24-16/h6-9,13H,1-5H3,(H2,19,20,23). The number of hydrogen-bond donors (Lipinski definition) is 2. The Labute approximate surface area is 152 Å². The number of carbonyl (C=O) groups is 1. The molecule has 128 valence electrons. The van der Waals surface area contributed by atoms with Crippen LogP contribution in [0.4, 0.5) is 5.00 Å². The van der Waals surface area contributed by atoms with Crippen molar-refractivity contribution in [2.45, 2.75) is 33.7 Å². The van der Waals surface area contributed by atoms with Gasteiger partial charge in [0.1, 0.15) is 5.00 Å². The minimum atomic E-state index is -0.369. The van der Waals surface area contributed by atoms with Crippen LogP contribution in [0.25, 0.3) is 0 Å². The first kappa shape index (κ1) is 18.4. The van der Waals surface area contributed by atoms with Crippen molar-refractivity contribution in [2.75, 3.05) is 12.4 Å². The molecule has 1 aromatic carbocycles. The Bertz CT molecular complexity index is 768. The number of benzene rings is 1. The zero-order chi connectivity index (χ0) is 17.9. The topological polar surface area (TPSA) is 50.4 Å². The number of thiocarbonyl (C=S) groups is 1. The lowest BCUT2D eigenvalue weighted by Crippen LogP contribution is -2.31. The molecule has 0 bridgehead atoms. The van der Waals surface area contributed by atoms with Crippen LogP contribution in [0.5, 0.6) is 0 Å². The van der Waals surface area contributed by atoms with Gasteiger partial charge in [-0.3, -0.25) is 0 Å². The smallest absolute Gasteiger partial charge is 0.340 e. The van der Waals surface area contributed by atoms with Crippen LogP contribution in [-0.2, 0) is 4.74 Å². The third-order valence-electron chi connectivity index (χ3n) is 3.87. The van der Waals surface area contributed by atoms with Crippen molar-refractivity contribution in [1.82, 2.24) is 5.32 Å². The first-order valence-electron chi connectivity index (χ1n) is 7.65. The van der Waals surface area contributed by atoms with Gasteiger partial charge in [-0.15, -0.1) is 11.3 Å². The summed E-state index contributed by atoms with van der Waals surface area (Å²) in [5.41, 5.74) is 4.19. The molecule has 1 unspecified atom stereocenters. The summed E-state index contributed by atoms with van der Waals surface area (Å²) >= 11 is 6.87. The van der Waals surface area contributed by atoms with Gasteiger partial charge in [-0.25, -0.2) is 4.79 Å². The third-order valence-corrected chi connectivity index (χ3v) is 5.05. The van der Waals surface area contributed by atoms with Crippen molar-refractivity contribution in [3.8, 4) is 0 Å². The Kier molecular flexibility index (Phi) is 5.96. The maximum atomic E-state index is 11.8. The van der Waals surface area contributed by atoms with Gasteiger partial charge in [-0.1, -0.05) is 18.2 Å². The molecule has 24 heavy (non-hydrogen) atoms. The monoisotopic (exact) mass is 362 g/mol. The van der Waals surface area contributed by atoms with Crippen LogP contribution in [0.1, 0.15) is 44.9 Å². The van der Waals surface area contributed by atoms with Crippen LogP contribution in [0.15, 0.2) is 24.3 Å². The second kappa shape index (κ2) is 7.77. The molecule has 1 aromatic heterocycles. The summed E-state index contributed by atoms with van der Waals surface area (Å²) in [5.74, 6) is -0.369. The molecule has 0 amide bonds. The van der Waals surface area contributed by atoms with Crippen LogP contribution in [-0.4, -0.2) is 18.2 Å². The maximum absolute atomic E-state index is 11.8. The normalized spacial score (nSPS) is 11.7. The second-order valence-electron chi connectivity index (χ2n) is 5.76. The number of ether oxygens (including phenoxy) is 1. The van der Waals surface area contributed by atoms with Crippen molar-refractivity contribution in [3.05, 3.63) is 51.4 Å². The fourth-order valence-electron chi connectivity index (χ4n) is 2.32. The molecule has 0 aliphatic carbocycles. The van der Waals surface area contributed by atoms with E-state index in [1.54, 1.807) is 6.07 Å². The number of thiophene rings is 1. The summed E-state index contributed by atoms with van der Waals surface area (Å²) in [4.78, 5) is 12.8. The van der Waals surface area contributed by atoms with Crippen LogP contribution in [0.3, 0.4) is 0 Å². The molecule has 0 aliphatic heterocycles. The van der Waals surface area contributed by atoms with Gasteiger partial charge in [0.25, 0.3) is 0 Å². The molecule has 2 N–H and O–H groups in total. The minimum absolute atomic E-state index is 0.0620. The fourth-order valence-corrected chi connectivity index (χ4v) is 3.57. The summed E-state index contributed by atoms with van der Waals surface area (Å²) < 4.78 is 4.81. The van der Waals surface area contributed by atoms with Gasteiger partial charge >= 0.3 is 5.97 Å². The van der Waals surface area contributed by atoms with Crippen molar-refractivity contribution in [1.29, 1.82) is 0 Å². The van der Waals surface area contributed by atoms with E-state index in [9.17, 15) is 4.79 Å². The molecule has 2 aromatic rings. The lowest BCUT2D eigenvalue weighted by atomic mass is 10.0. The summed E-state index contributed by atoms with van der Waals surface area (Å²) in [6.07, 6.45) is 0. The van der Waals surface area contributed by atoms with E-state index in [1.165, 1.54) is 29.6 Å². The van der Waals surface area contributed by atoms with Gasteiger partial charge in [0.2, 0.25) is 0 Å². The van der Waals surface area contributed by atoms with E-state index in [2.05, 4.69) is 49.6 Å². The number of anilines is 1. The average Bonchev–Trinajstić information content (AvgIpc) is 2.89. The average molecular weight is 363 g/mol. The predicted octanol–water partition coefficient (Wildman–Crippen LogP) is 4.51. The van der Waals surface area contributed by atoms with Gasteiger partial charge < -0.3 is 15.4 Å². The Hall–Kier alpha value is -1.92. The Morgan fingerprint density at radius 3 is 2.54 bits per heavy atom. The van der Waals surface area contributed by atoms with Gasteiger partial charge in [-0.2, -0.15) is 0 Å². The highest BCUT2D eigenvalue weighted by molar-refractivity contribution is 7.80. The number of carbonyl (C=O) groups excluding carboxylic acids is 1. The largest absolute Gasteiger partial charge is 0.465 e. The van der Waals surface area contributed by atoms with Crippen molar-refractivity contribution in [3.63, 3.8) is 0 Å². The maximum Gasteiger partial charge on any atom is 0.340 e. The van der Waals surface area contributed by atoms with E-state index in [0.717, 1.165) is 10.4 Å². The quantitative estimate of drug-likeness (QED) is 0.619. The number of esters is 1. The van der Waals surface area contributed by atoms with Crippen LogP contribution >= 0.6 is 23.6 Å². The Balaban J connectivity index is 2.08. The summed E-state index contributed by atoms with van der Waals surface area (Å²) in [5, 5.41) is 7.55. The number of aryl methyl sites for hydroxylation is 3. The van der Waals surface area contributed by atoms with Crippen LogP contribution in [0.2, 0.25) is 0 Å². The zero-order valence-electron chi connectivity index (χ0n) is 14.5. The van der Waals surface area contributed by atoms with E-state index < -0.39 is 0 Å². The summed E-state index contributed by atoms with van der Waals surface area (Å²) in [6, 6.07) is 8.22. The Morgan fingerprint density at radius 1 is 1.21 bits per heavy atom. The van der Waals surface area contributed by atoms with Gasteiger partial charge in [0.05, 0.1) is 18.7 Å². The van der Waals surface area contributed by atoms with E-state index in [4.69, 9.17) is 17.0 Å². The lowest BCUT2D eigenvalue weighted by Gasteiger charge is -2.18. The zero-order valence-corrected chi connectivity index (χ0v) is 16.2. The van der Waals surface area contributed by atoms with Gasteiger partial charge in [-0.05, 0) is 62.7 Å². The number of rotatable bonds is 4. The van der Waals surface area contributed by atoms with E-state index >= 15 is 0 Å². The third kappa shape index (κ3) is 4.33. The highest BCUT2D eigenvalue weighted by atomic mass is 32.1. The molecular formula is C18H22N2O2S2. The molecule has 0 saturated heterocycles. The highest BCUT2D eigenvalue weighted by Gasteiger charge is 2.17. The van der Waals surface area contributed by atoms with Crippen molar-refractivity contribution >= 4 is 39.6 Å². The summed E-state index contributed by atoms with van der Waals surface area (Å²) in [7, 11) is 1.37. The van der Waals surface area contributed by atoms with E-state index in [-0.39, 0.29) is 12.0 Å². The van der Waals surface area contributed by atoms with Crippen molar-refractivity contribution < 1.29 is 9.53 Å². The minimum Gasteiger partial charge on any atom is -0.465 e. The molecule has 0 aliphatic rings. The van der Waals surface area contributed by atoms with E-state index in [1.807, 2.05) is 6.92 Å². The summed E-state index contributed by atoms with van der Waals surface area (Å²) in [6.45, 7) is 8.19. The molecule has 6 heteroatoms. The first-order chi connectivity index (χ1) is 11.3. The first-order valence-corrected chi connectivity index (χ1v) is 8.87. The number of nitrogens with one attached hydrogen (secondary N) is 2. The second-order valence-corrected chi connectivity index (χ2v) is 7.42. The number of hydrogen-bond acceptors (Lipinski definition) is 4. The predicted molar refractivity (Wildman–Crippen MR) is 104 cm³/mol. The van der Waals surface area contributed by atoms with Crippen LogP contribution < -0.4 is 10.6 Å². The molecule has 1 atom stereocenters. The number of methoxy groups -OCH3 is 1. The highest BCUT2D eigenvalue weighted by Crippen LogP contribution is 2.28. The Morgan fingerprint density at radius 2 is 1.92 bits per heavy atom. The molecule has 0 fully saturated rings. The molecule has 0 saturated carbocycles. The molecule has 4 nitrogen and oxygen atoms in total. The van der Waals surface area contributed by atoms with Gasteiger partial charge in [0, 0.05) is 4.88 Å². The molecule has 1 heterocycles. The van der Waals surface area contributed by atoms with E-state index in [0.29, 0.717) is 15.7 Å². The SMILES string of the molecule is COC(=O)c1cc(C)sc1NC(=S)NC(C)c1ccc(C)c(C)c1. The van der Waals surface area contributed by atoms with Crippen LogP contribution in [0, 0.1) is 20.8 Å². The molecular weight excluding hydrogens is 340 g/mol. The fraction of sp³-hybridized carbons (Fsp3) is 0.333. The van der Waals surface area contributed by atoms with Crippen molar-refractivity contribution in [2.24, 2.45) is 0 Å². The molecule has 0 spiro atoms.